The van der Waals surface area contributed by atoms with Gasteiger partial charge in [0.1, 0.15) is 6.26 Å². The van der Waals surface area contributed by atoms with Gasteiger partial charge in [0.05, 0.1) is 5.56 Å². The molecule has 0 saturated carbocycles. The number of carbonyl (C=O) groups is 1. The zero-order valence-electron chi connectivity index (χ0n) is 9.92. The lowest BCUT2D eigenvalue weighted by Crippen LogP contribution is -3.59. The maximum absolute atomic E-state index is 11.7. The summed E-state index contributed by atoms with van der Waals surface area (Å²) in [5, 5.41) is 0.599. The van der Waals surface area contributed by atoms with E-state index in [1.54, 1.807) is 24.3 Å². The van der Waals surface area contributed by atoms with Crippen LogP contribution in [0.15, 0.2) is 64.9 Å². The second kappa shape index (κ2) is 7.31. The van der Waals surface area contributed by atoms with Crippen molar-refractivity contribution in [3.05, 3.63) is 79.1 Å². The minimum atomic E-state index is -0.370. The lowest BCUT2D eigenvalue weighted by Gasteiger charge is -1.97. The molecule has 0 radical (unpaired) electrons. The molecule has 0 amide bonds. The van der Waals surface area contributed by atoms with E-state index in [0.29, 0.717) is 10.6 Å². The number of hydrogen-bond donors (Lipinski definition) is 0. The van der Waals surface area contributed by atoms with Gasteiger partial charge in [-0.2, -0.15) is 0 Å². The third-order valence-corrected chi connectivity index (χ3v) is 4.57. The quantitative estimate of drug-likeness (QED) is 0.445. The van der Waals surface area contributed by atoms with Crippen LogP contribution in [0.2, 0.25) is 5.02 Å². The van der Waals surface area contributed by atoms with Crippen LogP contribution in [0, 0.1) is 3.57 Å². The number of ether oxygens (including phenoxy) is 1. The second-order valence-corrected chi connectivity index (χ2v) is 6.60. The fourth-order valence-electron chi connectivity index (χ4n) is 1.33. The summed E-state index contributed by atoms with van der Waals surface area (Å²) < 4.78 is 8.25. The highest BCUT2D eigenvalue weighted by Crippen LogP contribution is 2.10. The number of hydrogen-bond acceptors (Lipinski definition) is 2. The Morgan fingerprint density at radius 2 is 1.74 bits per heavy atom. The molecule has 2 aromatic rings. The van der Waals surface area contributed by atoms with Crippen molar-refractivity contribution < 1.29 is 30.7 Å². The molecule has 0 heterocycles. The Hall–Kier alpha value is -1.33. The van der Waals surface area contributed by atoms with Gasteiger partial charge in [-0.25, -0.2) is 4.79 Å². The highest BCUT2D eigenvalue weighted by molar-refractivity contribution is 6.30. The van der Waals surface area contributed by atoms with Crippen molar-refractivity contribution in [2.45, 2.75) is 0 Å². The SMILES string of the molecule is O=C(O/C=C\[I+]c1ccccc1)c1ccc(Cl)cc1. The molecule has 0 aromatic heterocycles. The topological polar surface area (TPSA) is 26.3 Å². The average molecular weight is 386 g/mol. The largest absolute Gasteiger partial charge is 0.427 e. The van der Waals surface area contributed by atoms with Gasteiger partial charge < -0.3 is 4.74 Å². The molecular formula is C15H11ClIO2+. The van der Waals surface area contributed by atoms with Gasteiger partial charge in [-0.3, -0.25) is 0 Å². The van der Waals surface area contributed by atoms with Crippen LogP contribution in [0.25, 0.3) is 0 Å². The molecule has 0 bridgehead atoms. The molecule has 19 heavy (non-hydrogen) atoms. The van der Waals surface area contributed by atoms with E-state index in [2.05, 4.69) is 12.1 Å². The summed E-state index contributed by atoms with van der Waals surface area (Å²) in [6.07, 6.45) is 1.47. The van der Waals surface area contributed by atoms with E-state index in [4.69, 9.17) is 16.3 Å². The monoisotopic (exact) mass is 385 g/mol. The number of carbonyl (C=O) groups excluding carboxylic acids is 1. The van der Waals surface area contributed by atoms with Crippen molar-refractivity contribution in [3.8, 4) is 0 Å². The molecule has 2 nitrogen and oxygen atoms in total. The molecule has 0 atom stereocenters. The van der Waals surface area contributed by atoms with Crippen molar-refractivity contribution in [3.63, 3.8) is 0 Å². The number of benzene rings is 2. The first kappa shape index (κ1) is 14.1. The summed E-state index contributed by atoms with van der Waals surface area (Å²) in [6.45, 7) is 0. The van der Waals surface area contributed by atoms with Crippen molar-refractivity contribution in [1.29, 1.82) is 0 Å². The van der Waals surface area contributed by atoms with Gasteiger partial charge in [-0.1, -0.05) is 29.8 Å². The van der Waals surface area contributed by atoms with E-state index in [-0.39, 0.29) is 27.2 Å². The fraction of sp³-hybridized carbons (Fsp3) is 0. The Kier molecular flexibility index (Phi) is 5.42. The van der Waals surface area contributed by atoms with E-state index in [1.807, 2.05) is 22.3 Å². The molecule has 96 valence electrons. The Balaban J connectivity index is 1.85. The van der Waals surface area contributed by atoms with E-state index in [9.17, 15) is 4.79 Å². The van der Waals surface area contributed by atoms with Crippen LogP contribution < -0.4 is 21.2 Å². The molecule has 0 aliphatic rings. The van der Waals surface area contributed by atoms with E-state index >= 15 is 0 Å². The Labute approximate surface area is 127 Å². The Morgan fingerprint density at radius 1 is 1.05 bits per heavy atom. The van der Waals surface area contributed by atoms with Gasteiger partial charge in [-0.05, 0) is 36.4 Å². The Bertz CT molecular complexity index is 564. The summed E-state index contributed by atoms with van der Waals surface area (Å²) in [5.74, 6) is -0.370. The molecule has 4 heteroatoms. The first-order valence-corrected chi connectivity index (χ1v) is 8.26. The molecule has 2 rings (SSSR count). The standard InChI is InChI=1S/C15H11ClIO2/c16-13-8-6-12(7-9-13)15(18)19-11-10-17-14-4-2-1-3-5-14/h1-11H/q+1/b11-10-. The molecule has 0 unspecified atom stereocenters. The first-order valence-electron chi connectivity index (χ1n) is 5.56. The van der Waals surface area contributed by atoms with Gasteiger partial charge in [-0.15, -0.1) is 0 Å². The lowest BCUT2D eigenvalue weighted by molar-refractivity contribution is -0.557. The van der Waals surface area contributed by atoms with Crippen LogP contribution in [-0.4, -0.2) is 5.97 Å². The average Bonchev–Trinajstić information content (AvgIpc) is 2.45. The number of rotatable bonds is 4. The lowest BCUT2D eigenvalue weighted by atomic mass is 10.2. The number of esters is 1. The van der Waals surface area contributed by atoms with Crippen LogP contribution in [-0.2, 0) is 4.74 Å². The van der Waals surface area contributed by atoms with Gasteiger partial charge in [0.2, 0.25) is 0 Å². The fourth-order valence-corrected chi connectivity index (χ4v) is 2.99. The van der Waals surface area contributed by atoms with Gasteiger partial charge in [0.15, 0.2) is 7.65 Å². The van der Waals surface area contributed by atoms with E-state index in [0.717, 1.165) is 0 Å². The van der Waals surface area contributed by atoms with Crippen LogP contribution in [0.1, 0.15) is 10.4 Å². The minimum Gasteiger partial charge on any atom is -0.427 e. The normalized spacial score (nSPS) is 10.6. The predicted molar refractivity (Wildman–Crippen MR) is 71.1 cm³/mol. The van der Waals surface area contributed by atoms with Gasteiger partial charge in [0.25, 0.3) is 0 Å². The van der Waals surface area contributed by atoms with Crippen LogP contribution >= 0.6 is 11.6 Å². The molecule has 0 saturated heterocycles. The zero-order chi connectivity index (χ0) is 13.5. The summed E-state index contributed by atoms with van der Waals surface area (Å²) in [6, 6.07) is 16.7. The predicted octanol–water partition coefficient (Wildman–Crippen LogP) is 0.927. The molecular weight excluding hydrogens is 375 g/mol. The smallest absolute Gasteiger partial charge is 0.352 e. The van der Waals surface area contributed by atoms with Gasteiger partial charge >= 0.3 is 27.2 Å². The van der Waals surface area contributed by atoms with Crippen LogP contribution in [0.4, 0.5) is 0 Å². The summed E-state index contributed by atoms with van der Waals surface area (Å²) in [4.78, 5) is 11.7. The van der Waals surface area contributed by atoms with Crippen molar-refractivity contribution in [1.82, 2.24) is 0 Å². The molecule has 0 N–H and O–H groups in total. The van der Waals surface area contributed by atoms with Gasteiger partial charge in [0, 0.05) is 5.02 Å². The molecule has 0 fully saturated rings. The number of halogens is 2. The van der Waals surface area contributed by atoms with Crippen molar-refractivity contribution >= 4 is 17.6 Å². The maximum Gasteiger partial charge on any atom is 0.352 e. The summed E-state index contributed by atoms with van der Waals surface area (Å²) in [7, 11) is 0. The van der Waals surface area contributed by atoms with E-state index in [1.165, 1.54) is 9.83 Å². The van der Waals surface area contributed by atoms with Crippen molar-refractivity contribution in [2.24, 2.45) is 0 Å². The van der Waals surface area contributed by atoms with Crippen LogP contribution in [0.3, 0.4) is 0 Å². The van der Waals surface area contributed by atoms with Crippen LogP contribution in [0.5, 0.6) is 0 Å². The minimum absolute atomic E-state index is 0.259. The summed E-state index contributed by atoms with van der Waals surface area (Å²) >= 11 is 5.49. The third kappa shape index (κ3) is 4.69. The Morgan fingerprint density at radius 3 is 2.42 bits per heavy atom. The molecule has 0 aliphatic heterocycles. The maximum atomic E-state index is 11.7. The first-order chi connectivity index (χ1) is 9.25. The second-order valence-electron chi connectivity index (χ2n) is 3.58. The van der Waals surface area contributed by atoms with E-state index < -0.39 is 0 Å². The zero-order valence-corrected chi connectivity index (χ0v) is 12.8. The molecule has 0 aliphatic carbocycles. The summed E-state index contributed by atoms with van der Waals surface area (Å²) in [5.41, 5.74) is 0.493. The molecule has 0 spiro atoms. The molecule has 2 aromatic carbocycles. The highest BCUT2D eigenvalue weighted by Gasteiger charge is 2.08. The van der Waals surface area contributed by atoms with Crippen molar-refractivity contribution in [2.75, 3.05) is 0 Å². The highest BCUT2D eigenvalue weighted by atomic mass is 127. The third-order valence-electron chi connectivity index (χ3n) is 2.23.